The van der Waals surface area contributed by atoms with Gasteiger partial charge in [-0.1, -0.05) is 6.07 Å². The lowest BCUT2D eigenvalue weighted by Gasteiger charge is -2.12. The predicted molar refractivity (Wildman–Crippen MR) is 58.1 cm³/mol. The molecule has 15 heavy (non-hydrogen) atoms. The number of hydrogen-bond donors (Lipinski definition) is 2. The van der Waals surface area contributed by atoms with E-state index in [1.807, 2.05) is 0 Å². The van der Waals surface area contributed by atoms with Crippen molar-refractivity contribution in [2.75, 3.05) is 20.3 Å². The summed E-state index contributed by atoms with van der Waals surface area (Å²) in [6.45, 7) is 1.05. The van der Waals surface area contributed by atoms with E-state index < -0.39 is 0 Å². The minimum Gasteiger partial charge on any atom is -0.508 e. The van der Waals surface area contributed by atoms with Crippen LogP contribution in [-0.2, 0) is 4.74 Å². The van der Waals surface area contributed by atoms with Gasteiger partial charge < -0.3 is 20.3 Å². The number of nitrogens with two attached hydrogens (primary N) is 1. The van der Waals surface area contributed by atoms with Gasteiger partial charge in [-0.15, -0.1) is 0 Å². The summed E-state index contributed by atoms with van der Waals surface area (Å²) in [6, 6.07) is 6.61. The van der Waals surface area contributed by atoms with Crippen molar-refractivity contribution in [2.24, 2.45) is 5.73 Å². The number of phenols is 1. The van der Waals surface area contributed by atoms with Crippen molar-refractivity contribution in [3.63, 3.8) is 0 Å². The molecule has 0 saturated heterocycles. The van der Waals surface area contributed by atoms with Gasteiger partial charge in [-0.25, -0.2) is 0 Å². The lowest BCUT2D eigenvalue weighted by atomic mass is 10.2. The van der Waals surface area contributed by atoms with Gasteiger partial charge in [0.05, 0.1) is 0 Å². The van der Waals surface area contributed by atoms with Crippen LogP contribution in [0.15, 0.2) is 24.3 Å². The summed E-state index contributed by atoms with van der Waals surface area (Å²) in [5, 5.41) is 9.19. The summed E-state index contributed by atoms with van der Waals surface area (Å²) < 4.78 is 10.3. The van der Waals surface area contributed by atoms with E-state index in [2.05, 4.69) is 0 Å². The van der Waals surface area contributed by atoms with Crippen LogP contribution in [0, 0.1) is 0 Å². The first-order valence-electron chi connectivity index (χ1n) is 4.88. The molecular weight excluding hydrogens is 194 g/mol. The molecule has 0 aliphatic carbocycles. The summed E-state index contributed by atoms with van der Waals surface area (Å²) in [5.74, 6) is 0.820. The second-order valence-corrected chi connectivity index (χ2v) is 3.35. The first kappa shape index (κ1) is 11.8. The summed E-state index contributed by atoms with van der Waals surface area (Å²) in [5.41, 5.74) is 5.78. The summed E-state index contributed by atoms with van der Waals surface area (Å²) in [6.07, 6.45) is 0.759. The van der Waals surface area contributed by atoms with Gasteiger partial charge in [-0.3, -0.25) is 0 Å². The highest BCUT2D eigenvalue weighted by Crippen LogP contribution is 2.17. The van der Waals surface area contributed by atoms with E-state index in [9.17, 15) is 5.11 Å². The van der Waals surface area contributed by atoms with Crippen molar-refractivity contribution >= 4 is 0 Å². The van der Waals surface area contributed by atoms with E-state index in [0.717, 1.165) is 6.42 Å². The highest BCUT2D eigenvalue weighted by atomic mass is 16.5. The second-order valence-electron chi connectivity index (χ2n) is 3.35. The Hall–Kier alpha value is -1.26. The van der Waals surface area contributed by atoms with Gasteiger partial charge in [-0.05, 0) is 18.6 Å². The molecule has 0 heterocycles. The molecule has 4 nitrogen and oxygen atoms in total. The Balaban J connectivity index is 2.30. The zero-order valence-corrected chi connectivity index (χ0v) is 8.85. The molecule has 1 rings (SSSR count). The highest BCUT2D eigenvalue weighted by molar-refractivity contribution is 5.31. The monoisotopic (exact) mass is 211 g/mol. The molecule has 0 fully saturated rings. The van der Waals surface area contributed by atoms with Crippen LogP contribution in [0.3, 0.4) is 0 Å². The van der Waals surface area contributed by atoms with Crippen molar-refractivity contribution in [3.8, 4) is 11.5 Å². The van der Waals surface area contributed by atoms with Gasteiger partial charge in [0.15, 0.2) is 0 Å². The average Bonchev–Trinajstić information content (AvgIpc) is 2.23. The third-order valence-corrected chi connectivity index (χ3v) is 1.97. The molecule has 1 aromatic rings. The molecule has 1 aromatic carbocycles. The third-order valence-electron chi connectivity index (χ3n) is 1.97. The minimum atomic E-state index is -0.0488. The van der Waals surface area contributed by atoms with E-state index >= 15 is 0 Å². The highest BCUT2D eigenvalue weighted by Gasteiger charge is 2.03. The molecule has 0 aromatic heterocycles. The van der Waals surface area contributed by atoms with Gasteiger partial charge in [-0.2, -0.15) is 0 Å². The molecule has 1 atom stereocenters. The Morgan fingerprint density at radius 3 is 2.93 bits per heavy atom. The number of methoxy groups -OCH3 is 1. The van der Waals surface area contributed by atoms with Crippen molar-refractivity contribution in [1.82, 2.24) is 0 Å². The molecule has 4 heteroatoms. The summed E-state index contributed by atoms with van der Waals surface area (Å²) in [7, 11) is 1.64. The smallest absolute Gasteiger partial charge is 0.123 e. The normalized spacial score (nSPS) is 12.4. The van der Waals surface area contributed by atoms with Crippen LogP contribution in [0.2, 0.25) is 0 Å². The number of hydrogen-bond acceptors (Lipinski definition) is 4. The van der Waals surface area contributed by atoms with E-state index in [0.29, 0.717) is 19.0 Å². The molecule has 0 aliphatic heterocycles. The number of phenolic OH excluding ortho intramolecular Hbond substituents is 1. The minimum absolute atomic E-state index is 0.0488. The third kappa shape index (κ3) is 4.67. The van der Waals surface area contributed by atoms with Crippen molar-refractivity contribution < 1.29 is 14.6 Å². The van der Waals surface area contributed by atoms with Gasteiger partial charge >= 0.3 is 0 Å². The molecule has 0 saturated carbocycles. The fourth-order valence-electron chi connectivity index (χ4n) is 1.13. The Morgan fingerprint density at radius 2 is 2.27 bits per heavy atom. The molecule has 0 radical (unpaired) electrons. The standard InChI is InChI=1S/C11H17NO3/c1-14-6-5-9(12)8-15-11-4-2-3-10(13)7-11/h2-4,7,9,13H,5-6,8,12H2,1H3. The van der Waals surface area contributed by atoms with Crippen LogP contribution in [-0.4, -0.2) is 31.5 Å². The van der Waals surface area contributed by atoms with Crippen LogP contribution >= 0.6 is 0 Å². The number of ether oxygens (including phenoxy) is 2. The fourth-order valence-corrected chi connectivity index (χ4v) is 1.13. The first-order chi connectivity index (χ1) is 7.22. The molecule has 84 valence electrons. The Labute approximate surface area is 89.6 Å². The van der Waals surface area contributed by atoms with Crippen molar-refractivity contribution in [3.05, 3.63) is 24.3 Å². The van der Waals surface area contributed by atoms with Gasteiger partial charge in [0.2, 0.25) is 0 Å². The molecule has 0 bridgehead atoms. The van der Waals surface area contributed by atoms with E-state index in [1.54, 1.807) is 31.4 Å². The maximum absolute atomic E-state index is 9.19. The maximum Gasteiger partial charge on any atom is 0.123 e. The van der Waals surface area contributed by atoms with Crippen molar-refractivity contribution in [1.29, 1.82) is 0 Å². The summed E-state index contributed by atoms with van der Waals surface area (Å²) in [4.78, 5) is 0. The van der Waals surface area contributed by atoms with Crippen LogP contribution < -0.4 is 10.5 Å². The van der Waals surface area contributed by atoms with Crippen LogP contribution in [0.1, 0.15) is 6.42 Å². The Bertz CT molecular complexity index is 291. The topological polar surface area (TPSA) is 64.7 Å². The number of rotatable bonds is 6. The average molecular weight is 211 g/mol. The molecule has 3 N–H and O–H groups in total. The zero-order valence-electron chi connectivity index (χ0n) is 8.85. The van der Waals surface area contributed by atoms with Crippen LogP contribution in [0.4, 0.5) is 0 Å². The Morgan fingerprint density at radius 1 is 1.47 bits per heavy atom. The molecule has 1 unspecified atom stereocenters. The van der Waals surface area contributed by atoms with E-state index in [4.69, 9.17) is 15.2 Å². The number of aromatic hydroxyl groups is 1. The fraction of sp³-hybridized carbons (Fsp3) is 0.455. The molecular formula is C11H17NO3. The predicted octanol–water partition coefficient (Wildman–Crippen LogP) is 1.13. The van der Waals surface area contributed by atoms with E-state index in [1.165, 1.54) is 0 Å². The van der Waals surface area contributed by atoms with E-state index in [-0.39, 0.29) is 11.8 Å². The molecule has 0 amide bonds. The maximum atomic E-state index is 9.19. The van der Waals surface area contributed by atoms with Gasteiger partial charge in [0, 0.05) is 25.8 Å². The zero-order chi connectivity index (χ0) is 11.1. The van der Waals surface area contributed by atoms with Crippen molar-refractivity contribution in [2.45, 2.75) is 12.5 Å². The van der Waals surface area contributed by atoms with Crippen LogP contribution in [0.5, 0.6) is 11.5 Å². The lowest BCUT2D eigenvalue weighted by Crippen LogP contribution is -2.29. The second kappa shape index (κ2) is 6.27. The molecule has 0 spiro atoms. The Kier molecular flexibility index (Phi) is 4.93. The van der Waals surface area contributed by atoms with Gasteiger partial charge in [0.1, 0.15) is 18.1 Å². The number of benzene rings is 1. The lowest BCUT2D eigenvalue weighted by molar-refractivity contribution is 0.175. The summed E-state index contributed by atoms with van der Waals surface area (Å²) >= 11 is 0. The largest absolute Gasteiger partial charge is 0.508 e. The SMILES string of the molecule is COCCC(N)COc1cccc(O)c1. The first-order valence-corrected chi connectivity index (χ1v) is 4.88. The molecule has 0 aliphatic rings. The van der Waals surface area contributed by atoms with Crippen LogP contribution in [0.25, 0.3) is 0 Å². The van der Waals surface area contributed by atoms with Gasteiger partial charge in [0.25, 0.3) is 0 Å². The quantitative estimate of drug-likeness (QED) is 0.740.